The van der Waals surface area contributed by atoms with Gasteiger partial charge in [-0.3, -0.25) is 4.90 Å². The summed E-state index contributed by atoms with van der Waals surface area (Å²) in [6.07, 6.45) is 7.59. The van der Waals surface area contributed by atoms with Gasteiger partial charge < -0.3 is 4.90 Å². The van der Waals surface area contributed by atoms with Crippen LogP contribution in [-0.4, -0.2) is 41.0 Å². The molecule has 2 aliphatic rings. The number of anilines is 1. The number of benzene rings is 1. The van der Waals surface area contributed by atoms with Crippen LogP contribution in [0.1, 0.15) is 30.4 Å². The van der Waals surface area contributed by atoms with Gasteiger partial charge in [0.15, 0.2) is 0 Å². The SMILES string of the molecule is Cc1cccc(CN2CCC[C@]3(CCN(c4ncccn4)C3)C2)c1. The maximum atomic E-state index is 4.44. The normalized spacial score (nSPS) is 24.6. The highest BCUT2D eigenvalue weighted by Gasteiger charge is 2.41. The Morgan fingerprint density at radius 1 is 1.04 bits per heavy atom. The summed E-state index contributed by atoms with van der Waals surface area (Å²) in [5.74, 6) is 0.894. The van der Waals surface area contributed by atoms with Crippen LogP contribution in [0.5, 0.6) is 0 Å². The Bertz CT molecular complexity index is 687. The van der Waals surface area contributed by atoms with E-state index >= 15 is 0 Å². The molecule has 0 saturated carbocycles. The number of hydrogen-bond acceptors (Lipinski definition) is 4. The van der Waals surface area contributed by atoms with Crippen molar-refractivity contribution in [2.45, 2.75) is 32.7 Å². The van der Waals surface area contributed by atoms with E-state index in [9.17, 15) is 0 Å². The van der Waals surface area contributed by atoms with Crippen LogP contribution in [0.15, 0.2) is 42.7 Å². The molecule has 2 saturated heterocycles. The number of hydrogen-bond donors (Lipinski definition) is 0. The summed E-state index contributed by atoms with van der Waals surface area (Å²) in [6, 6.07) is 10.8. The summed E-state index contributed by atoms with van der Waals surface area (Å²) in [7, 11) is 0. The van der Waals surface area contributed by atoms with Gasteiger partial charge in [-0.1, -0.05) is 29.8 Å². The number of likely N-dealkylation sites (tertiary alicyclic amines) is 1. The molecule has 4 heteroatoms. The second kappa shape index (κ2) is 6.52. The zero-order valence-corrected chi connectivity index (χ0v) is 14.5. The van der Waals surface area contributed by atoms with Crippen LogP contribution in [0.3, 0.4) is 0 Å². The summed E-state index contributed by atoms with van der Waals surface area (Å²) in [6.45, 7) is 7.85. The molecule has 2 fully saturated rings. The Kier molecular flexibility index (Phi) is 4.23. The van der Waals surface area contributed by atoms with Gasteiger partial charge in [0.25, 0.3) is 0 Å². The van der Waals surface area contributed by atoms with E-state index in [1.165, 1.54) is 43.5 Å². The fourth-order valence-corrected chi connectivity index (χ4v) is 4.41. The third-order valence-corrected chi connectivity index (χ3v) is 5.50. The van der Waals surface area contributed by atoms with E-state index in [0.29, 0.717) is 5.41 Å². The molecule has 1 spiro atoms. The number of piperidine rings is 1. The molecule has 1 atom stereocenters. The molecule has 1 aromatic heterocycles. The molecule has 2 aromatic rings. The van der Waals surface area contributed by atoms with Crippen molar-refractivity contribution in [3.05, 3.63) is 53.9 Å². The smallest absolute Gasteiger partial charge is 0.225 e. The van der Waals surface area contributed by atoms with Crippen molar-refractivity contribution in [2.75, 3.05) is 31.1 Å². The third-order valence-electron chi connectivity index (χ3n) is 5.50. The van der Waals surface area contributed by atoms with Crippen molar-refractivity contribution >= 4 is 5.95 Å². The van der Waals surface area contributed by atoms with Crippen LogP contribution in [0.25, 0.3) is 0 Å². The van der Waals surface area contributed by atoms with Crippen LogP contribution >= 0.6 is 0 Å². The molecule has 24 heavy (non-hydrogen) atoms. The Labute approximate surface area is 144 Å². The van der Waals surface area contributed by atoms with E-state index < -0.39 is 0 Å². The second-order valence-corrected chi connectivity index (χ2v) is 7.52. The minimum absolute atomic E-state index is 0.418. The number of aryl methyl sites for hydroxylation is 1. The Morgan fingerprint density at radius 3 is 2.75 bits per heavy atom. The molecule has 0 aliphatic carbocycles. The fourth-order valence-electron chi connectivity index (χ4n) is 4.41. The van der Waals surface area contributed by atoms with Gasteiger partial charge in [0, 0.05) is 44.0 Å². The number of aromatic nitrogens is 2. The van der Waals surface area contributed by atoms with E-state index in [-0.39, 0.29) is 0 Å². The molecule has 1 aromatic carbocycles. The van der Waals surface area contributed by atoms with Gasteiger partial charge in [-0.2, -0.15) is 0 Å². The van der Waals surface area contributed by atoms with Crippen LogP contribution < -0.4 is 4.90 Å². The summed E-state index contributed by atoms with van der Waals surface area (Å²) in [5, 5.41) is 0. The Morgan fingerprint density at radius 2 is 1.92 bits per heavy atom. The first kappa shape index (κ1) is 15.6. The van der Waals surface area contributed by atoms with Gasteiger partial charge in [-0.15, -0.1) is 0 Å². The van der Waals surface area contributed by atoms with Crippen LogP contribution in [0.2, 0.25) is 0 Å². The van der Waals surface area contributed by atoms with E-state index in [1.807, 2.05) is 18.5 Å². The third kappa shape index (κ3) is 3.29. The summed E-state index contributed by atoms with van der Waals surface area (Å²) >= 11 is 0. The highest BCUT2D eigenvalue weighted by atomic mass is 15.3. The lowest BCUT2D eigenvalue weighted by Gasteiger charge is -2.40. The van der Waals surface area contributed by atoms with Crippen molar-refractivity contribution in [3.63, 3.8) is 0 Å². The Hall–Kier alpha value is -1.94. The minimum atomic E-state index is 0.418. The lowest BCUT2D eigenvalue weighted by atomic mass is 9.79. The highest BCUT2D eigenvalue weighted by molar-refractivity contribution is 5.32. The van der Waals surface area contributed by atoms with Crippen LogP contribution in [0, 0.1) is 12.3 Å². The average Bonchev–Trinajstić information content (AvgIpc) is 2.99. The van der Waals surface area contributed by atoms with Crippen molar-refractivity contribution in [1.82, 2.24) is 14.9 Å². The molecule has 0 amide bonds. The molecule has 2 aliphatic heterocycles. The predicted molar refractivity (Wildman–Crippen MR) is 97.0 cm³/mol. The maximum Gasteiger partial charge on any atom is 0.225 e. The monoisotopic (exact) mass is 322 g/mol. The van der Waals surface area contributed by atoms with Crippen molar-refractivity contribution in [2.24, 2.45) is 5.41 Å². The van der Waals surface area contributed by atoms with Gasteiger partial charge in [0.05, 0.1) is 0 Å². The van der Waals surface area contributed by atoms with Gasteiger partial charge in [0.1, 0.15) is 0 Å². The molecular formula is C20H26N4. The van der Waals surface area contributed by atoms with Gasteiger partial charge >= 0.3 is 0 Å². The predicted octanol–water partition coefficient (Wildman–Crippen LogP) is 3.28. The van der Waals surface area contributed by atoms with Crippen molar-refractivity contribution in [1.29, 1.82) is 0 Å². The second-order valence-electron chi connectivity index (χ2n) is 7.52. The first-order chi connectivity index (χ1) is 11.7. The summed E-state index contributed by atoms with van der Waals surface area (Å²) in [5.41, 5.74) is 3.21. The highest BCUT2D eigenvalue weighted by Crippen LogP contribution is 2.40. The fraction of sp³-hybridized carbons (Fsp3) is 0.500. The number of rotatable bonds is 3. The van der Waals surface area contributed by atoms with Gasteiger partial charge in [-0.25, -0.2) is 9.97 Å². The Balaban J connectivity index is 1.43. The van der Waals surface area contributed by atoms with Gasteiger partial charge in [-0.05, 0) is 44.4 Å². The van der Waals surface area contributed by atoms with Crippen molar-refractivity contribution in [3.8, 4) is 0 Å². The molecule has 0 unspecified atom stereocenters. The quantitative estimate of drug-likeness (QED) is 0.868. The average molecular weight is 322 g/mol. The first-order valence-electron chi connectivity index (χ1n) is 9.02. The summed E-state index contributed by atoms with van der Waals surface area (Å²) < 4.78 is 0. The molecule has 3 heterocycles. The standard InChI is InChI=1S/C20H26N4/c1-17-5-2-6-18(13-17)14-23-11-3-7-20(15-23)8-12-24(16-20)19-21-9-4-10-22-19/h2,4-6,9-10,13H,3,7-8,11-12,14-16H2,1H3/t20-/m0/s1. The topological polar surface area (TPSA) is 32.3 Å². The maximum absolute atomic E-state index is 4.44. The van der Waals surface area contributed by atoms with E-state index in [1.54, 1.807) is 0 Å². The number of nitrogens with zero attached hydrogens (tertiary/aromatic N) is 4. The lowest BCUT2D eigenvalue weighted by Crippen LogP contribution is -2.44. The largest absolute Gasteiger partial charge is 0.340 e. The molecule has 4 nitrogen and oxygen atoms in total. The van der Waals surface area contributed by atoms with Crippen LogP contribution in [0.4, 0.5) is 5.95 Å². The molecular weight excluding hydrogens is 296 g/mol. The van der Waals surface area contributed by atoms with E-state index in [4.69, 9.17) is 0 Å². The zero-order valence-electron chi connectivity index (χ0n) is 14.5. The molecule has 4 rings (SSSR count). The van der Waals surface area contributed by atoms with Crippen molar-refractivity contribution < 1.29 is 0 Å². The van der Waals surface area contributed by atoms with E-state index in [0.717, 1.165) is 25.6 Å². The first-order valence-corrected chi connectivity index (χ1v) is 9.02. The minimum Gasteiger partial charge on any atom is -0.340 e. The molecule has 0 radical (unpaired) electrons. The van der Waals surface area contributed by atoms with Crippen LogP contribution in [-0.2, 0) is 6.54 Å². The lowest BCUT2D eigenvalue weighted by molar-refractivity contribution is 0.0991. The molecule has 0 N–H and O–H groups in total. The van der Waals surface area contributed by atoms with E-state index in [2.05, 4.69) is 51.0 Å². The van der Waals surface area contributed by atoms with Gasteiger partial charge in [0.2, 0.25) is 5.95 Å². The summed E-state index contributed by atoms with van der Waals surface area (Å²) in [4.78, 5) is 13.9. The molecule has 0 bridgehead atoms. The molecule has 126 valence electrons. The zero-order chi connectivity index (χ0) is 16.4.